The van der Waals surface area contributed by atoms with E-state index in [2.05, 4.69) is 31.2 Å². The number of aromatic nitrogens is 2. The Morgan fingerprint density at radius 1 is 1.18 bits per heavy atom. The number of halogens is 2. The van der Waals surface area contributed by atoms with Crippen LogP contribution in [0.3, 0.4) is 0 Å². The van der Waals surface area contributed by atoms with Gasteiger partial charge in [0.15, 0.2) is 0 Å². The highest BCUT2D eigenvalue weighted by Crippen LogP contribution is 2.12. The number of anilines is 1. The molecule has 17 heavy (non-hydrogen) atoms. The van der Waals surface area contributed by atoms with Crippen LogP contribution in [-0.4, -0.2) is 15.9 Å². The lowest BCUT2D eigenvalue weighted by Crippen LogP contribution is -2.12. The lowest BCUT2D eigenvalue weighted by atomic mass is 10.2. The normalized spacial score (nSPS) is 10.0. The van der Waals surface area contributed by atoms with Crippen LogP contribution in [0.1, 0.15) is 10.4 Å². The van der Waals surface area contributed by atoms with Crippen molar-refractivity contribution < 1.29 is 4.79 Å². The quantitative estimate of drug-likeness (QED) is 0.867. The first-order valence-corrected chi connectivity index (χ1v) is 5.87. The van der Waals surface area contributed by atoms with E-state index in [-0.39, 0.29) is 5.91 Å². The van der Waals surface area contributed by atoms with Gasteiger partial charge in [-0.2, -0.15) is 0 Å². The third-order valence-corrected chi connectivity index (χ3v) is 2.67. The first-order chi connectivity index (χ1) is 8.15. The molecule has 86 valence electrons. The number of amides is 1. The van der Waals surface area contributed by atoms with Crippen molar-refractivity contribution in [2.45, 2.75) is 0 Å². The van der Waals surface area contributed by atoms with E-state index in [1.165, 1.54) is 12.4 Å². The predicted molar refractivity (Wildman–Crippen MR) is 69.1 cm³/mol. The van der Waals surface area contributed by atoms with E-state index >= 15 is 0 Å². The molecule has 1 N–H and O–H groups in total. The van der Waals surface area contributed by atoms with E-state index in [1.54, 1.807) is 24.3 Å². The summed E-state index contributed by atoms with van der Waals surface area (Å²) in [7, 11) is 0. The highest BCUT2D eigenvalue weighted by molar-refractivity contribution is 9.10. The Balaban J connectivity index is 2.11. The molecule has 0 radical (unpaired) electrons. The molecule has 1 amide bonds. The first kappa shape index (κ1) is 12.0. The zero-order valence-electron chi connectivity index (χ0n) is 8.52. The van der Waals surface area contributed by atoms with Crippen LogP contribution in [0.2, 0.25) is 5.15 Å². The molecule has 0 bridgehead atoms. The molecule has 0 spiro atoms. The second kappa shape index (κ2) is 5.25. The molecule has 2 aromatic heterocycles. The van der Waals surface area contributed by atoms with Crippen LogP contribution < -0.4 is 5.32 Å². The summed E-state index contributed by atoms with van der Waals surface area (Å²) in [5, 5.41) is 3.07. The van der Waals surface area contributed by atoms with Gasteiger partial charge in [-0.3, -0.25) is 4.79 Å². The van der Waals surface area contributed by atoms with Crippen LogP contribution in [-0.2, 0) is 0 Å². The Kier molecular flexibility index (Phi) is 3.71. The minimum atomic E-state index is -0.242. The maximum atomic E-state index is 11.8. The minimum Gasteiger partial charge on any atom is -0.321 e. The fourth-order valence-electron chi connectivity index (χ4n) is 1.16. The van der Waals surface area contributed by atoms with Crippen LogP contribution in [0.25, 0.3) is 0 Å². The molecule has 0 aliphatic carbocycles. The summed E-state index contributed by atoms with van der Waals surface area (Å²) in [6, 6.07) is 6.67. The molecular formula is C11H7BrClN3O. The number of nitrogens with zero attached hydrogens (tertiary/aromatic N) is 2. The molecule has 0 aliphatic rings. The van der Waals surface area contributed by atoms with E-state index in [0.29, 0.717) is 21.0 Å². The monoisotopic (exact) mass is 311 g/mol. The van der Waals surface area contributed by atoms with Crippen molar-refractivity contribution in [3.05, 3.63) is 52.0 Å². The topological polar surface area (TPSA) is 54.9 Å². The number of carbonyl (C=O) groups excluding carboxylic acids is 1. The zero-order valence-corrected chi connectivity index (χ0v) is 10.9. The average molecular weight is 313 g/mol. The van der Waals surface area contributed by atoms with Crippen molar-refractivity contribution in [1.29, 1.82) is 0 Å². The Hall–Kier alpha value is -1.46. The lowest BCUT2D eigenvalue weighted by Gasteiger charge is -2.04. The smallest absolute Gasteiger partial charge is 0.257 e. The van der Waals surface area contributed by atoms with Gasteiger partial charge in [-0.05, 0) is 40.2 Å². The highest BCUT2D eigenvalue weighted by atomic mass is 79.9. The summed E-state index contributed by atoms with van der Waals surface area (Å²) in [6.07, 6.45) is 2.98. The number of hydrogen-bond acceptors (Lipinski definition) is 3. The molecule has 0 fully saturated rings. The van der Waals surface area contributed by atoms with Gasteiger partial charge in [0.05, 0.1) is 17.4 Å². The Labute approximate surface area is 111 Å². The molecule has 2 heterocycles. The van der Waals surface area contributed by atoms with E-state index in [4.69, 9.17) is 11.6 Å². The number of pyridine rings is 2. The van der Waals surface area contributed by atoms with Gasteiger partial charge in [-0.25, -0.2) is 9.97 Å². The van der Waals surface area contributed by atoms with Gasteiger partial charge in [-0.1, -0.05) is 11.6 Å². The van der Waals surface area contributed by atoms with E-state index in [1.807, 2.05) is 0 Å². The molecule has 0 atom stereocenters. The molecule has 0 aromatic carbocycles. The van der Waals surface area contributed by atoms with Gasteiger partial charge >= 0.3 is 0 Å². The molecule has 4 nitrogen and oxygen atoms in total. The average Bonchev–Trinajstić information content (AvgIpc) is 2.33. The second-order valence-corrected chi connectivity index (χ2v) is 4.39. The molecule has 6 heteroatoms. The molecule has 2 rings (SSSR count). The number of carbonyl (C=O) groups is 1. The van der Waals surface area contributed by atoms with Crippen molar-refractivity contribution in [2.24, 2.45) is 0 Å². The molecule has 0 aliphatic heterocycles. The molecule has 0 unspecified atom stereocenters. The van der Waals surface area contributed by atoms with Crippen LogP contribution >= 0.6 is 27.5 Å². The number of hydrogen-bond donors (Lipinski definition) is 1. The van der Waals surface area contributed by atoms with Gasteiger partial charge in [0.25, 0.3) is 5.91 Å². The van der Waals surface area contributed by atoms with Gasteiger partial charge in [0.1, 0.15) is 9.76 Å². The fourth-order valence-corrected chi connectivity index (χ4v) is 1.51. The number of rotatable bonds is 2. The van der Waals surface area contributed by atoms with Crippen molar-refractivity contribution in [3.8, 4) is 0 Å². The number of nitrogens with one attached hydrogen (secondary N) is 1. The second-order valence-electron chi connectivity index (χ2n) is 3.19. The van der Waals surface area contributed by atoms with Crippen LogP contribution in [0.15, 0.2) is 41.3 Å². The zero-order chi connectivity index (χ0) is 12.3. The molecule has 2 aromatic rings. The summed E-state index contributed by atoms with van der Waals surface area (Å²) in [5.41, 5.74) is 1.06. The van der Waals surface area contributed by atoms with Gasteiger partial charge < -0.3 is 5.32 Å². The van der Waals surface area contributed by atoms with Crippen LogP contribution in [0.4, 0.5) is 5.69 Å². The SMILES string of the molecule is O=C(Nc1ccc(Cl)nc1)c1ccc(Br)nc1. The van der Waals surface area contributed by atoms with Crippen LogP contribution in [0, 0.1) is 0 Å². The summed E-state index contributed by atoms with van der Waals surface area (Å²) in [5.74, 6) is -0.242. The summed E-state index contributed by atoms with van der Waals surface area (Å²) >= 11 is 8.85. The summed E-state index contributed by atoms with van der Waals surface area (Å²) < 4.78 is 0.683. The molecular weight excluding hydrogens is 305 g/mol. The lowest BCUT2D eigenvalue weighted by molar-refractivity contribution is 0.102. The highest BCUT2D eigenvalue weighted by Gasteiger charge is 2.06. The Morgan fingerprint density at radius 2 is 2.00 bits per heavy atom. The maximum absolute atomic E-state index is 11.8. The molecule has 0 saturated heterocycles. The summed E-state index contributed by atoms with van der Waals surface area (Å²) in [4.78, 5) is 19.6. The van der Waals surface area contributed by atoms with E-state index < -0.39 is 0 Å². The third kappa shape index (κ3) is 3.25. The van der Waals surface area contributed by atoms with Crippen LogP contribution in [0.5, 0.6) is 0 Å². The van der Waals surface area contributed by atoms with Crippen molar-refractivity contribution >= 4 is 39.1 Å². The first-order valence-electron chi connectivity index (χ1n) is 4.69. The fraction of sp³-hybridized carbons (Fsp3) is 0. The third-order valence-electron chi connectivity index (χ3n) is 1.97. The Bertz CT molecular complexity index is 527. The van der Waals surface area contributed by atoms with E-state index in [0.717, 1.165) is 0 Å². The van der Waals surface area contributed by atoms with Gasteiger partial charge in [0.2, 0.25) is 0 Å². The largest absolute Gasteiger partial charge is 0.321 e. The van der Waals surface area contributed by atoms with Crippen molar-refractivity contribution in [2.75, 3.05) is 5.32 Å². The van der Waals surface area contributed by atoms with Crippen molar-refractivity contribution in [1.82, 2.24) is 9.97 Å². The standard InChI is InChI=1S/C11H7BrClN3O/c12-9-3-1-7(5-14-9)11(17)16-8-2-4-10(13)15-6-8/h1-6H,(H,16,17). The predicted octanol–water partition coefficient (Wildman–Crippen LogP) is 3.14. The molecule has 0 saturated carbocycles. The maximum Gasteiger partial charge on any atom is 0.257 e. The summed E-state index contributed by atoms with van der Waals surface area (Å²) in [6.45, 7) is 0. The Morgan fingerprint density at radius 3 is 2.59 bits per heavy atom. The van der Waals surface area contributed by atoms with Crippen molar-refractivity contribution in [3.63, 3.8) is 0 Å². The van der Waals surface area contributed by atoms with Gasteiger partial charge in [0, 0.05) is 6.20 Å². The van der Waals surface area contributed by atoms with E-state index in [9.17, 15) is 4.79 Å². The minimum absolute atomic E-state index is 0.242. The van der Waals surface area contributed by atoms with Gasteiger partial charge in [-0.15, -0.1) is 0 Å².